The molecule has 1 unspecified atom stereocenters. The van der Waals surface area contributed by atoms with Gasteiger partial charge in [-0.15, -0.1) is 0 Å². The Bertz CT molecular complexity index is 1430. The zero-order chi connectivity index (χ0) is 28.8. The molecular formula is C30H34N4O4S2. The Morgan fingerprint density at radius 2 is 1.98 bits per heavy atom. The number of benzene rings is 1. The number of hydrogen-bond donors (Lipinski definition) is 0. The number of carbonyl (C=O) groups is 2. The third-order valence-electron chi connectivity index (χ3n) is 7.25. The molecule has 0 N–H and O–H groups in total. The van der Waals surface area contributed by atoms with Crippen molar-refractivity contribution < 1.29 is 14.3 Å². The lowest BCUT2D eigenvalue weighted by molar-refractivity contribution is -0.148. The second-order valence-corrected chi connectivity index (χ2v) is 11.6. The molecule has 40 heavy (non-hydrogen) atoms. The van der Waals surface area contributed by atoms with E-state index in [4.69, 9.17) is 17.0 Å². The van der Waals surface area contributed by atoms with Crippen LogP contribution in [0.1, 0.15) is 55.4 Å². The number of carbonyl (C=O) groups excluding carboxylic acids is 2. The van der Waals surface area contributed by atoms with E-state index in [1.165, 1.54) is 11.8 Å². The van der Waals surface area contributed by atoms with E-state index in [-0.39, 0.29) is 28.9 Å². The van der Waals surface area contributed by atoms with Crippen molar-refractivity contribution in [3.05, 3.63) is 67.8 Å². The van der Waals surface area contributed by atoms with Gasteiger partial charge in [0.15, 0.2) is 0 Å². The Morgan fingerprint density at radius 1 is 1.23 bits per heavy atom. The molecule has 0 saturated carbocycles. The van der Waals surface area contributed by atoms with Crippen LogP contribution in [0, 0.1) is 24.2 Å². The maximum absolute atomic E-state index is 13.5. The zero-order valence-electron chi connectivity index (χ0n) is 23.1. The van der Waals surface area contributed by atoms with E-state index in [1.54, 1.807) is 29.4 Å². The van der Waals surface area contributed by atoms with Gasteiger partial charge < -0.3 is 9.64 Å². The third-order valence-corrected chi connectivity index (χ3v) is 8.63. The number of ether oxygens (including phenoxy) is 1. The lowest BCUT2D eigenvalue weighted by Crippen LogP contribution is -2.43. The highest BCUT2D eigenvalue weighted by Crippen LogP contribution is 2.37. The van der Waals surface area contributed by atoms with E-state index in [9.17, 15) is 19.6 Å². The number of amides is 1. The highest BCUT2D eigenvalue weighted by Gasteiger charge is 2.34. The first kappa shape index (κ1) is 29.6. The highest BCUT2D eigenvalue weighted by molar-refractivity contribution is 8.26. The maximum atomic E-state index is 13.5. The average molecular weight is 579 g/mol. The number of piperidine rings is 1. The summed E-state index contributed by atoms with van der Waals surface area (Å²) in [6.45, 7) is 7.71. The molecular weight excluding hydrogens is 544 g/mol. The number of anilines is 1. The number of hydrogen-bond acceptors (Lipinski definition) is 8. The van der Waals surface area contributed by atoms with Gasteiger partial charge in [-0.3, -0.25) is 23.9 Å². The first-order valence-electron chi connectivity index (χ1n) is 13.7. The Kier molecular flexibility index (Phi) is 9.82. The van der Waals surface area contributed by atoms with Crippen LogP contribution < -0.4 is 10.5 Å². The molecule has 2 fully saturated rings. The van der Waals surface area contributed by atoms with Gasteiger partial charge in [-0.1, -0.05) is 61.2 Å². The van der Waals surface area contributed by atoms with Crippen molar-refractivity contribution in [3.63, 3.8) is 0 Å². The van der Waals surface area contributed by atoms with Crippen LogP contribution in [0.2, 0.25) is 0 Å². The molecule has 0 radical (unpaired) electrons. The summed E-state index contributed by atoms with van der Waals surface area (Å²) in [7, 11) is 0. The summed E-state index contributed by atoms with van der Waals surface area (Å²) in [4.78, 5) is 43.7. The minimum Gasteiger partial charge on any atom is -0.466 e. The number of pyridine rings is 1. The van der Waals surface area contributed by atoms with E-state index >= 15 is 0 Å². The fraction of sp³-hybridized carbons (Fsp3) is 0.433. The molecule has 1 aromatic carbocycles. The first-order chi connectivity index (χ1) is 19.3. The van der Waals surface area contributed by atoms with Crippen molar-refractivity contribution in [1.82, 2.24) is 9.47 Å². The zero-order valence-corrected chi connectivity index (χ0v) is 24.8. The maximum Gasteiger partial charge on any atom is 0.310 e. The van der Waals surface area contributed by atoms with Crippen molar-refractivity contribution >= 4 is 52.1 Å². The van der Waals surface area contributed by atoms with Crippen molar-refractivity contribution in [2.75, 3.05) is 31.1 Å². The predicted octanol–water partition coefficient (Wildman–Crippen LogP) is 4.66. The molecule has 2 aliphatic heterocycles. The van der Waals surface area contributed by atoms with Crippen LogP contribution in [-0.4, -0.2) is 51.9 Å². The van der Waals surface area contributed by atoms with Gasteiger partial charge in [0.25, 0.3) is 11.5 Å². The van der Waals surface area contributed by atoms with Gasteiger partial charge in [0, 0.05) is 31.7 Å². The molecule has 1 atom stereocenters. The van der Waals surface area contributed by atoms with E-state index < -0.39 is 0 Å². The number of aromatic nitrogens is 1. The Hall–Kier alpha value is -3.42. The van der Waals surface area contributed by atoms with Gasteiger partial charge in [0.05, 0.1) is 17.4 Å². The van der Waals surface area contributed by atoms with Crippen LogP contribution in [0.25, 0.3) is 6.08 Å². The molecule has 210 valence electrons. The van der Waals surface area contributed by atoms with Gasteiger partial charge in [-0.05, 0) is 56.7 Å². The summed E-state index contributed by atoms with van der Waals surface area (Å²) < 4.78 is 7.41. The fourth-order valence-electron chi connectivity index (χ4n) is 5.25. The van der Waals surface area contributed by atoms with Crippen LogP contribution in [-0.2, 0) is 27.3 Å². The van der Waals surface area contributed by atoms with Gasteiger partial charge in [0.1, 0.15) is 21.8 Å². The third kappa shape index (κ3) is 6.16. The van der Waals surface area contributed by atoms with Crippen molar-refractivity contribution in [2.45, 2.75) is 53.0 Å². The summed E-state index contributed by atoms with van der Waals surface area (Å²) >= 11 is 6.81. The van der Waals surface area contributed by atoms with E-state index in [2.05, 4.69) is 6.07 Å². The SMILES string of the molecule is CCCn1c(N2CCCC(C(=O)OCC)C2)c(C=C2SC(=S)N(CCc3ccccc3)C2=O)c(C)c(C#N)c1=O. The molecule has 1 aromatic heterocycles. The Morgan fingerprint density at radius 3 is 2.65 bits per heavy atom. The monoisotopic (exact) mass is 578 g/mol. The molecule has 0 bridgehead atoms. The van der Waals surface area contributed by atoms with Crippen LogP contribution in [0.3, 0.4) is 0 Å². The molecule has 3 heterocycles. The summed E-state index contributed by atoms with van der Waals surface area (Å²) in [5, 5.41) is 9.91. The summed E-state index contributed by atoms with van der Waals surface area (Å²) in [6, 6.07) is 12.0. The number of nitriles is 1. The molecule has 2 saturated heterocycles. The molecule has 8 nitrogen and oxygen atoms in total. The summed E-state index contributed by atoms with van der Waals surface area (Å²) in [5.41, 5.74) is 1.97. The topological polar surface area (TPSA) is 95.6 Å². The number of nitrogens with zero attached hydrogens (tertiary/aromatic N) is 4. The Balaban J connectivity index is 1.76. The number of esters is 1. The predicted molar refractivity (Wildman–Crippen MR) is 162 cm³/mol. The standard InChI is InChI=1S/C30H34N4O4S2/c1-4-14-33-26(32-15-9-12-22(19-32)29(37)38-5-2)23(20(3)24(18-31)27(33)35)17-25-28(36)34(30(39)40-25)16-13-21-10-7-6-8-11-21/h6-8,10-11,17,22H,4-5,9,12-16,19H2,1-3H3. The molecule has 10 heteroatoms. The molecule has 1 amide bonds. The van der Waals surface area contributed by atoms with Crippen LogP contribution >= 0.6 is 24.0 Å². The minimum atomic E-state index is -0.359. The van der Waals surface area contributed by atoms with Gasteiger partial charge in [-0.25, -0.2) is 0 Å². The van der Waals surface area contributed by atoms with Gasteiger partial charge in [0.2, 0.25) is 0 Å². The Labute approximate surface area is 244 Å². The van der Waals surface area contributed by atoms with Crippen molar-refractivity contribution in [1.29, 1.82) is 5.26 Å². The average Bonchev–Trinajstić information content (AvgIpc) is 3.22. The lowest BCUT2D eigenvalue weighted by atomic mass is 9.96. The largest absolute Gasteiger partial charge is 0.466 e. The second-order valence-electron chi connectivity index (χ2n) is 9.91. The molecule has 4 rings (SSSR count). The second kappa shape index (κ2) is 13.3. The highest BCUT2D eigenvalue weighted by atomic mass is 32.2. The van der Waals surface area contributed by atoms with Crippen molar-refractivity contribution in [3.8, 4) is 6.07 Å². The fourth-order valence-corrected chi connectivity index (χ4v) is 6.54. The molecule has 2 aliphatic rings. The van der Waals surface area contributed by atoms with E-state index in [0.29, 0.717) is 78.2 Å². The quantitative estimate of drug-likeness (QED) is 0.241. The van der Waals surface area contributed by atoms with Crippen LogP contribution in [0.5, 0.6) is 0 Å². The number of thiocarbonyl (C=S) groups is 1. The molecule has 0 aliphatic carbocycles. The summed E-state index contributed by atoms with van der Waals surface area (Å²) in [6.07, 6.45) is 4.58. The molecule has 2 aromatic rings. The first-order valence-corrected chi connectivity index (χ1v) is 14.9. The molecule has 0 spiro atoms. The number of thioether (sulfide) groups is 1. The van der Waals surface area contributed by atoms with Crippen molar-refractivity contribution in [2.24, 2.45) is 5.92 Å². The van der Waals surface area contributed by atoms with E-state index in [1.807, 2.05) is 42.2 Å². The van der Waals surface area contributed by atoms with Crippen LogP contribution in [0.15, 0.2) is 40.0 Å². The lowest BCUT2D eigenvalue weighted by Gasteiger charge is -2.36. The number of rotatable bonds is 9. The minimum absolute atomic E-state index is 0.0574. The van der Waals surface area contributed by atoms with E-state index in [0.717, 1.165) is 12.0 Å². The normalized spacial score (nSPS) is 18.4. The van der Waals surface area contributed by atoms with Gasteiger partial charge in [-0.2, -0.15) is 5.26 Å². The van der Waals surface area contributed by atoms with Crippen LogP contribution in [0.4, 0.5) is 5.82 Å². The summed E-state index contributed by atoms with van der Waals surface area (Å²) in [5.74, 6) is -0.125. The smallest absolute Gasteiger partial charge is 0.310 e. The van der Waals surface area contributed by atoms with Gasteiger partial charge >= 0.3 is 5.97 Å².